The van der Waals surface area contributed by atoms with Crippen LogP contribution in [0.4, 0.5) is 0 Å². The van der Waals surface area contributed by atoms with Crippen molar-refractivity contribution in [3.63, 3.8) is 0 Å². The van der Waals surface area contributed by atoms with Crippen molar-refractivity contribution in [1.29, 1.82) is 0 Å². The molecule has 1 aliphatic rings. The number of carbonyl (C=O) groups excluding carboxylic acids is 1. The van der Waals surface area contributed by atoms with Crippen molar-refractivity contribution < 1.29 is 14.7 Å². The van der Waals surface area contributed by atoms with Crippen LogP contribution in [0.2, 0.25) is 0 Å². The summed E-state index contributed by atoms with van der Waals surface area (Å²) in [4.78, 5) is 24.9. The van der Waals surface area contributed by atoms with Gasteiger partial charge in [-0.05, 0) is 24.7 Å². The molecule has 1 aliphatic heterocycles. The fourth-order valence-corrected chi connectivity index (χ4v) is 2.79. The Morgan fingerprint density at radius 1 is 1.32 bits per heavy atom. The van der Waals surface area contributed by atoms with Gasteiger partial charge in [0.1, 0.15) is 6.04 Å². The third-order valence-electron chi connectivity index (χ3n) is 3.60. The highest BCUT2D eigenvalue weighted by molar-refractivity contribution is 5.80. The number of piperidine rings is 1. The zero-order valence-electron chi connectivity index (χ0n) is 12.2. The molecule has 2 N–H and O–H groups in total. The molecule has 0 aromatic heterocycles. The molecule has 3 atom stereocenters. The highest BCUT2D eigenvalue weighted by Crippen LogP contribution is 2.20. The maximum absolute atomic E-state index is 12.1. The van der Waals surface area contributed by atoms with Crippen molar-refractivity contribution in [1.82, 2.24) is 10.2 Å². The molecule has 1 heterocycles. The van der Waals surface area contributed by atoms with Gasteiger partial charge in [-0.2, -0.15) is 0 Å². The number of rotatable bonds is 6. The van der Waals surface area contributed by atoms with E-state index in [0.29, 0.717) is 18.3 Å². The standard InChI is InChI=1S/C14H26N2O3/c1-4-5-12(14(18)19)15-7-13(17)16-8-10(2)6-11(3)9-16/h10-12,15H,4-9H2,1-3H3,(H,18,19)/t10-,11+,12-/m0/s1. The number of hydrogen-bond acceptors (Lipinski definition) is 3. The van der Waals surface area contributed by atoms with Crippen molar-refractivity contribution in [3.8, 4) is 0 Å². The number of amides is 1. The number of carboxylic acid groups (broad SMARTS) is 1. The Kier molecular flexibility index (Phi) is 6.28. The summed E-state index contributed by atoms with van der Waals surface area (Å²) >= 11 is 0. The third kappa shape index (κ3) is 5.19. The van der Waals surface area contributed by atoms with Crippen LogP contribution in [0.5, 0.6) is 0 Å². The predicted molar refractivity (Wildman–Crippen MR) is 73.9 cm³/mol. The fourth-order valence-electron chi connectivity index (χ4n) is 2.79. The van der Waals surface area contributed by atoms with E-state index in [1.54, 1.807) is 0 Å². The van der Waals surface area contributed by atoms with E-state index in [1.807, 2.05) is 11.8 Å². The summed E-state index contributed by atoms with van der Waals surface area (Å²) in [5.74, 6) is 0.188. The van der Waals surface area contributed by atoms with Crippen LogP contribution in [0.25, 0.3) is 0 Å². The lowest BCUT2D eigenvalue weighted by molar-refractivity contribution is -0.140. The molecule has 1 amide bonds. The van der Waals surface area contributed by atoms with Gasteiger partial charge in [-0.15, -0.1) is 0 Å². The molecule has 19 heavy (non-hydrogen) atoms. The van der Waals surface area contributed by atoms with Gasteiger partial charge in [0.05, 0.1) is 6.54 Å². The first-order chi connectivity index (χ1) is 8.93. The van der Waals surface area contributed by atoms with Crippen molar-refractivity contribution in [3.05, 3.63) is 0 Å². The molecule has 1 rings (SSSR count). The molecule has 0 aromatic carbocycles. The molecule has 5 nitrogen and oxygen atoms in total. The second kappa shape index (κ2) is 7.48. The monoisotopic (exact) mass is 270 g/mol. The molecule has 5 heteroatoms. The minimum Gasteiger partial charge on any atom is -0.480 e. The average molecular weight is 270 g/mol. The SMILES string of the molecule is CCC[C@H](NCC(=O)N1C[C@H](C)C[C@H](C)C1)C(=O)O. The number of carboxylic acids is 1. The Balaban J connectivity index is 2.43. The van der Waals surface area contributed by atoms with E-state index in [9.17, 15) is 9.59 Å². The molecular formula is C14H26N2O3. The first-order valence-electron chi connectivity index (χ1n) is 7.18. The van der Waals surface area contributed by atoms with Gasteiger partial charge in [-0.1, -0.05) is 27.2 Å². The number of nitrogens with one attached hydrogen (secondary N) is 1. The van der Waals surface area contributed by atoms with Crippen LogP contribution in [0.15, 0.2) is 0 Å². The predicted octanol–water partition coefficient (Wildman–Crippen LogP) is 1.33. The summed E-state index contributed by atoms with van der Waals surface area (Å²) in [5.41, 5.74) is 0. The minimum absolute atomic E-state index is 0.0146. The quantitative estimate of drug-likeness (QED) is 0.764. The maximum atomic E-state index is 12.1. The topological polar surface area (TPSA) is 69.6 Å². The lowest BCUT2D eigenvalue weighted by atomic mass is 9.92. The molecule has 1 saturated heterocycles. The van der Waals surface area contributed by atoms with Crippen LogP contribution in [-0.2, 0) is 9.59 Å². The largest absolute Gasteiger partial charge is 0.480 e. The molecular weight excluding hydrogens is 244 g/mol. The van der Waals surface area contributed by atoms with Crippen LogP contribution in [0, 0.1) is 11.8 Å². The Morgan fingerprint density at radius 3 is 2.37 bits per heavy atom. The van der Waals surface area contributed by atoms with Gasteiger partial charge in [0.25, 0.3) is 0 Å². The normalized spacial score (nSPS) is 25.1. The van der Waals surface area contributed by atoms with E-state index in [-0.39, 0.29) is 12.5 Å². The van der Waals surface area contributed by atoms with Crippen molar-refractivity contribution in [2.45, 2.75) is 46.1 Å². The second-order valence-electron chi connectivity index (χ2n) is 5.81. The van der Waals surface area contributed by atoms with Crippen LogP contribution >= 0.6 is 0 Å². The van der Waals surface area contributed by atoms with Crippen molar-refractivity contribution in [2.24, 2.45) is 11.8 Å². The van der Waals surface area contributed by atoms with Crippen LogP contribution in [-0.4, -0.2) is 47.6 Å². The van der Waals surface area contributed by atoms with E-state index in [2.05, 4.69) is 19.2 Å². The molecule has 0 bridgehead atoms. The lowest BCUT2D eigenvalue weighted by Gasteiger charge is -2.35. The average Bonchev–Trinajstić information content (AvgIpc) is 2.32. The molecule has 0 aliphatic carbocycles. The van der Waals surface area contributed by atoms with Crippen LogP contribution in [0.1, 0.15) is 40.0 Å². The molecule has 0 unspecified atom stereocenters. The van der Waals surface area contributed by atoms with E-state index in [4.69, 9.17) is 5.11 Å². The summed E-state index contributed by atoms with van der Waals surface area (Å²) in [7, 11) is 0. The van der Waals surface area contributed by atoms with Crippen LogP contribution < -0.4 is 5.32 Å². The Morgan fingerprint density at radius 2 is 1.89 bits per heavy atom. The van der Waals surface area contributed by atoms with Gasteiger partial charge in [0.15, 0.2) is 0 Å². The van der Waals surface area contributed by atoms with Gasteiger partial charge >= 0.3 is 5.97 Å². The molecule has 0 radical (unpaired) electrons. The van der Waals surface area contributed by atoms with E-state index in [0.717, 1.165) is 25.9 Å². The first-order valence-corrected chi connectivity index (χ1v) is 7.18. The number of nitrogens with zero attached hydrogens (tertiary/aromatic N) is 1. The maximum Gasteiger partial charge on any atom is 0.320 e. The molecule has 1 fully saturated rings. The van der Waals surface area contributed by atoms with Gasteiger partial charge in [0, 0.05) is 13.1 Å². The fraction of sp³-hybridized carbons (Fsp3) is 0.857. The lowest BCUT2D eigenvalue weighted by Crippen LogP contribution is -2.48. The molecule has 0 aromatic rings. The Labute approximate surface area is 115 Å². The molecule has 0 saturated carbocycles. The van der Waals surface area contributed by atoms with Gasteiger partial charge < -0.3 is 10.0 Å². The Bertz CT molecular complexity index is 310. The van der Waals surface area contributed by atoms with E-state index in [1.165, 1.54) is 0 Å². The van der Waals surface area contributed by atoms with Gasteiger partial charge in [0.2, 0.25) is 5.91 Å². The minimum atomic E-state index is -0.880. The third-order valence-corrected chi connectivity index (χ3v) is 3.60. The molecule has 110 valence electrons. The van der Waals surface area contributed by atoms with Crippen molar-refractivity contribution in [2.75, 3.05) is 19.6 Å². The number of carbonyl (C=O) groups is 2. The van der Waals surface area contributed by atoms with E-state index < -0.39 is 12.0 Å². The molecule has 0 spiro atoms. The smallest absolute Gasteiger partial charge is 0.320 e. The van der Waals surface area contributed by atoms with Gasteiger partial charge in [-0.25, -0.2) is 0 Å². The van der Waals surface area contributed by atoms with Crippen LogP contribution in [0.3, 0.4) is 0 Å². The first kappa shape index (κ1) is 16.0. The zero-order valence-corrected chi connectivity index (χ0v) is 12.2. The summed E-state index contributed by atoms with van der Waals surface area (Å²) in [6.45, 7) is 7.94. The summed E-state index contributed by atoms with van der Waals surface area (Å²) in [6, 6.07) is -0.617. The highest BCUT2D eigenvalue weighted by atomic mass is 16.4. The number of aliphatic carboxylic acids is 1. The number of hydrogen-bond donors (Lipinski definition) is 2. The second-order valence-corrected chi connectivity index (χ2v) is 5.81. The Hall–Kier alpha value is -1.10. The summed E-state index contributed by atoms with van der Waals surface area (Å²) in [6.07, 6.45) is 2.50. The zero-order chi connectivity index (χ0) is 14.4. The highest BCUT2D eigenvalue weighted by Gasteiger charge is 2.26. The van der Waals surface area contributed by atoms with Crippen molar-refractivity contribution >= 4 is 11.9 Å². The summed E-state index contributed by atoms with van der Waals surface area (Å²) < 4.78 is 0. The van der Waals surface area contributed by atoms with E-state index >= 15 is 0 Å². The number of likely N-dealkylation sites (tertiary alicyclic amines) is 1. The summed E-state index contributed by atoms with van der Waals surface area (Å²) in [5, 5.41) is 11.9. The van der Waals surface area contributed by atoms with Gasteiger partial charge in [-0.3, -0.25) is 14.9 Å².